The van der Waals surface area contributed by atoms with E-state index in [0.29, 0.717) is 13.0 Å². The van der Waals surface area contributed by atoms with Crippen LogP contribution in [0, 0.1) is 0 Å². The molecule has 2 amide bonds. The van der Waals surface area contributed by atoms with Crippen molar-refractivity contribution in [3.8, 4) is 0 Å². The van der Waals surface area contributed by atoms with Gasteiger partial charge in [0.05, 0.1) is 0 Å². The minimum Gasteiger partial charge on any atom is -0.342 e. The zero-order valence-electron chi connectivity index (χ0n) is 13.0. The summed E-state index contributed by atoms with van der Waals surface area (Å²) in [6.45, 7) is 5.62. The molecule has 1 aliphatic heterocycles. The predicted octanol–water partition coefficient (Wildman–Crippen LogP) is 2.61. The van der Waals surface area contributed by atoms with Crippen LogP contribution in [-0.2, 0) is 16.0 Å². The van der Waals surface area contributed by atoms with Gasteiger partial charge in [-0.15, -0.1) is 0 Å². The molecule has 0 N–H and O–H groups in total. The molecule has 0 saturated carbocycles. The van der Waals surface area contributed by atoms with Gasteiger partial charge in [0.1, 0.15) is 0 Å². The molecule has 0 bridgehead atoms. The maximum Gasteiger partial charge on any atom is 0.228 e. The number of carbonyl (C=O) groups excluding carboxylic acids is 2. The van der Waals surface area contributed by atoms with Crippen LogP contribution in [0.25, 0.3) is 0 Å². The number of para-hydroxylation sites is 1. The first kappa shape index (κ1) is 15.5. The van der Waals surface area contributed by atoms with Crippen molar-refractivity contribution in [2.45, 2.75) is 39.5 Å². The third-order valence-corrected chi connectivity index (χ3v) is 3.95. The van der Waals surface area contributed by atoms with Gasteiger partial charge in [0.15, 0.2) is 0 Å². The van der Waals surface area contributed by atoms with E-state index in [1.165, 1.54) is 5.56 Å². The lowest BCUT2D eigenvalue weighted by Gasteiger charge is -2.30. The second-order valence-electron chi connectivity index (χ2n) is 5.53. The SMILES string of the molecule is CCCN(CCC(=O)N1CCCc2ccccc21)C(C)=O. The van der Waals surface area contributed by atoms with E-state index >= 15 is 0 Å². The average Bonchev–Trinajstić information content (AvgIpc) is 2.50. The zero-order valence-corrected chi connectivity index (χ0v) is 13.0. The number of carbonyl (C=O) groups is 2. The minimum atomic E-state index is 0.0451. The molecule has 0 atom stereocenters. The van der Waals surface area contributed by atoms with Crippen LogP contribution in [0.15, 0.2) is 24.3 Å². The smallest absolute Gasteiger partial charge is 0.228 e. The highest BCUT2D eigenvalue weighted by molar-refractivity contribution is 5.94. The van der Waals surface area contributed by atoms with Gasteiger partial charge in [-0.1, -0.05) is 25.1 Å². The van der Waals surface area contributed by atoms with Crippen molar-refractivity contribution in [2.24, 2.45) is 0 Å². The van der Waals surface area contributed by atoms with Crippen LogP contribution in [0.5, 0.6) is 0 Å². The summed E-state index contributed by atoms with van der Waals surface area (Å²) >= 11 is 0. The van der Waals surface area contributed by atoms with E-state index < -0.39 is 0 Å². The standard InChI is InChI=1S/C17H24N2O2/c1-3-11-18(14(2)20)13-10-17(21)19-12-6-8-15-7-4-5-9-16(15)19/h4-5,7,9H,3,6,8,10-13H2,1-2H3. The van der Waals surface area contributed by atoms with Gasteiger partial charge in [0.2, 0.25) is 11.8 Å². The number of hydrogen-bond acceptors (Lipinski definition) is 2. The van der Waals surface area contributed by atoms with E-state index in [2.05, 4.69) is 6.07 Å². The van der Waals surface area contributed by atoms with Crippen LogP contribution >= 0.6 is 0 Å². The summed E-state index contributed by atoms with van der Waals surface area (Å²) < 4.78 is 0. The molecule has 4 heteroatoms. The number of fused-ring (bicyclic) bond motifs is 1. The largest absolute Gasteiger partial charge is 0.342 e. The lowest BCUT2D eigenvalue weighted by molar-refractivity contribution is -0.129. The summed E-state index contributed by atoms with van der Waals surface area (Å²) in [5.74, 6) is 0.160. The molecule has 0 unspecified atom stereocenters. The number of nitrogens with zero attached hydrogens (tertiary/aromatic N) is 2. The van der Waals surface area contributed by atoms with Gasteiger partial charge < -0.3 is 9.80 Å². The first-order chi connectivity index (χ1) is 10.1. The quantitative estimate of drug-likeness (QED) is 0.835. The van der Waals surface area contributed by atoms with Gasteiger partial charge in [0.25, 0.3) is 0 Å². The highest BCUT2D eigenvalue weighted by atomic mass is 16.2. The summed E-state index contributed by atoms with van der Waals surface area (Å²) in [7, 11) is 0. The summed E-state index contributed by atoms with van der Waals surface area (Å²) in [4.78, 5) is 27.6. The van der Waals surface area contributed by atoms with Gasteiger partial charge in [-0.25, -0.2) is 0 Å². The first-order valence-corrected chi connectivity index (χ1v) is 7.77. The van der Waals surface area contributed by atoms with Crippen molar-refractivity contribution < 1.29 is 9.59 Å². The van der Waals surface area contributed by atoms with E-state index in [4.69, 9.17) is 0 Å². The van der Waals surface area contributed by atoms with Crippen molar-refractivity contribution >= 4 is 17.5 Å². The Morgan fingerprint density at radius 1 is 1.24 bits per heavy atom. The number of anilines is 1. The molecule has 1 aromatic carbocycles. The summed E-state index contributed by atoms with van der Waals surface area (Å²) in [6, 6.07) is 8.10. The Hall–Kier alpha value is -1.84. The Morgan fingerprint density at radius 3 is 2.71 bits per heavy atom. The molecule has 0 spiro atoms. The molecule has 1 aromatic rings. The number of benzene rings is 1. The Morgan fingerprint density at radius 2 is 2.00 bits per heavy atom. The molecule has 0 saturated heterocycles. The monoisotopic (exact) mass is 288 g/mol. The van der Waals surface area contributed by atoms with Crippen LogP contribution in [-0.4, -0.2) is 36.3 Å². The molecule has 0 fully saturated rings. The van der Waals surface area contributed by atoms with Crippen molar-refractivity contribution in [3.05, 3.63) is 29.8 Å². The molecule has 0 radical (unpaired) electrons. The van der Waals surface area contributed by atoms with Gasteiger partial charge in [-0.2, -0.15) is 0 Å². The Bertz CT molecular complexity index is 513. The van der Waals surface area contributed by atoms with Gasteiger partial charge >= 0.3 is 0 Å². The Labute approximate surface area is 126 Å². The third-order valence-electron chi connectivity index (χ3n) is 3.95. The van der Waals surface area contributed by atoms with Crippen molar-refractivity contribution in [3.63, 3.8) is 0 Å². The number of amides is 2. The van der Waals surface area contributed by atoms with Gasteiger partial charge in [-0.05, 0) is 30.9 Å². The molecule has 2 rings (SSSR count). The van der Waals surface area contributed by atoms with E-state index in [1.807, 2.05) is 30.0 Å². The van der Waals surface area contributed by atoms with Crippen molar-refractivity contribution in [1.82, 2.24) is 4.90 Å². The second-order valence-corrected chi connectivity index (χ2v) is 5.53. The summed E-state index contributed by atoms with van der Waals surface area (Å²) in [6.07, 6.45) is 3.36. The van der Waals surface area contributed by atoms with Crippen LogP contribution in [0.3, 0.4) is 0 Å². The fraction of sp³-hybridized carbons (Fsp3) is 0.529. The number of aryl methyl sites for hydroxylation is 1. The highest BCUT2D eigenvalue weighted by Crippen LogP contribution is 2.27. The van der Waals surface area contributed by atoms with Gasteiger partial charge in [0, 0.05) is 38.7 Å². The fourth-order valence-corrected chi connectivity index (χ4v) is 2.85. The van der Waals surface area contributed by atoms with E-state index in [9.17, 15) is 9.59 Å². The number of hydrogen-bond donors (Lipinski definition) is 0. The normalized spacial score (nSPS) is 13.7. The van der Waals surface area contributed by atoms with Crippen LogP contribution in [0.2, 0.25) is 0 Å². The van der Waals surface area contributed by atoms with E-state index in [0.717, 1.165) is 38.0 Å². The molecular formula is C17H24N2O2. The molecule has 1 aliphatic rings. The molecule has 114 valence electrons. The topological polar surface area (TPSA) is 40.6 Å². The van der Waals surface area contributed by atoms with E-state index in [-0.39, 0.29) is 11.8 Å². The molecule has 21 heavy (non-hydrogen) atoms. The highest BCUT2D eigenvalue weighted by Gasteiger charge is 2.22. The predicted molar refractivity (Wildman–Crippen MR) is 84.3 cm³/mol. The van der Waals surface area contributed by atoms with Gasteiger partial charge in [-0.3, -0.25) is 9.59 Å². The first-order valence-electron chi connectivity index (χ1n) is 7.77. The summed E-state index contributed by atoms with van der Waals surface area (Å²) in [5, 5.41) is 0. The molecule has 0 aliphatic carbocycles. The fourth-order valence-electron chi connectivity index (χ4n) is 2.85. The lowest BCUT2D eigenvalue weighted by Crippen LogP contribution is -2.39. The maximum atomic E-state index is 12.5. The molecule has 1 heterocycles. The Kier molecular flexibility index (Phi) is 5.37. The average molecular weight is 288 g/mol. The maximum absolute atomic E-state index is 12.5. The number of rotatable bonds is 5. The van der Waals surface area contributed by atoms with E-state index in [1.54, 1.807) is 11.8 Å². The van der Waals surface area contributed by atoms with Crippen LogP contribution in [0.4, 0.5) is 5.69 Å². The van der Waals surface area contributed by atoms with Crippen molar-refractivity contribution in [2.75, 3.05) is 24.5 Å². The third kappa shape index (κ3) is 3.84. The van der Waals surface area contributed by atoms with Crippen LogP contribution in [0.1, 0.15) is 38.7 Å². The minimum absolute atomic E-state index is 0.0451. The zero-order chi connectivity index (χ0) is 15.2. The second kappa shape index (κ2) is 7.25. The molecule has 0 aromatic heterocycles. The summed E-state index contributed by atoms with van der Waals surface area (Å²) in [5.41, 5.74) is 2.28. The lowest BCUT2D eigenvalue weighted by atomic mass is 10.0. The van der Waals surface area contributed by atoms with Crippen molar-refractivity contribution in [1.29, 1.82) is 0 Å². The molecule has 4 nitrogen and oxygen atoms in total. The molecular weight excluding hydrogens is 264 g/mol. The van der Waals surface area contributed by atoms with Crippen LogP contribution < -0.4 is 4.90 Å². The Balaban J connectivity index is 2.00.